The second-order valence-corrected chi connectivity index (χ2v) is 8.51. The maximum atomic E-state index is 13.1. The zero-order chi connectivity index (χ0) is 22.8. The minimum absolute atomic E-state index is 0.117. The second-order valence-electron chi connectivity index (χ2n) is 6.39. The number of aromatic nitrogens is 2. The standard InChI is InChI=1S/C20H18ClN3O6S/c1-12-8-18(24(22-12)16-6-4-15(21)5-7-16)23-31(27,28)17-10-13(19(25)29-2)9-14(11-17)20(26)30-3/h4-11,23H,1-3H3. The number of sulfonamides is 1. The summed E-state index contributed by atoms with van der Waals surface area (Å²) in [5, 5.41) is 4.82. The van der Waals surface area contributed by atoms with E-state index in [9.17, 15) is 18.0 Å². The van der Waals surface area contributed by atoms with Crippen LogP contribution in [0.1, 0.15) is 26.4 Å². The first-order chi connectivity index (χ1) is 14.6. The van der Waals surface area contributed by atoms with Crippen molar-refractivity contribution in [2.24, 2.45) is 0 Å². The Kier molecular flexibility index (Phi) is 6.32. The molecular weight excluding hydrogens is 446 g/mol. The molecule has 0 radical (unpaired) electrons. The average molecular weight is 464 g/mol. The summed E-state index contributed by atoms with van der Waals surface area (Å²) in [6, 6.07) is 11.6. The monoisotopic (exact) mass is 463 g/mol. The number of ether oxygens (including phenoxy) is 2. The number of rotatable bonds is 6. The number of esters is 2. The quantitative estimate of drug-likeness (QED) is 0.558. The van der Waals surface area contributed by atoms with Gasteiger partial charge in [-0.25, -0.2) is 22.7 Å². The van der Waals surface area contributed by atoms with Crippen molar-refractivity contribution in [3.05, 3.63) is 70.4 Å². The van der Waals surface area contributed by atoms with E-state index in [2.05, 4.69) is 19.3 Å². The van der Waals surface area contributed by atoms with Gasteiger partial charge in [0.2, 0.25) is 0 Å². The van der Waals surface area contributed by atoms with Crippen LogP contribution < -0.4 is 4.72 Å². The van der Waals surface area contributed by atoms with Crippen LogP contribution in [0.15, 0.2) is 53.4 Å². The molecule has 0 unspecified atom stereocenters. The Hall–Kier alpha value is -3.37. The molecule has 2 aromatic carbocycles. The molecule has 0 aliphatic heterocycles. The molecule has 0 bridgehead atoms. The Balaban J connectivity index is 2.06. The summed E-state index contributed by atoms with van der Waals surface area (Å²) in [7, 11) is -1.93. The lowest BCUT2D eigenvalue weighted by molar-refractivity contribution is 0.0598. The second kappa shape index (κ2) is 8.78. The first-order valence-electron chi connectivity index (χ1n) is 8.82. The summed E-state index contributed by atoms with van der Waals surface area (Å²) < 4.78 is 39.3. The van der Waals surface area contributed by atoms with Crippen LogP contribution in [0.25, 0.3) is 5.69 Å². The fourth-order valence-electron chi connectivity index (χ4n) is 2.77. The predicted molar refractivity (Wildman–Crippen MR) is 113 cm³/mol. The van der Waals surface area contributed by atoms with Crippen LogP contribution in [0.3, 0.4) is 0 Å². The van der Waals surface area contributed by atoms with Crippen LogP contribution in [0, 0.1) is 6.92 Å². The van der Waals surface area contributed by atoms with E-state index in [1.54, 1.807) is 31.2 Å². The molecule has 31 heavy (non-hydrogen) atoms. The van der Waals surface area contributed by atoms with Crippen LogP contribution in [0.2, 0.25) is 5.02 Å². The zero-order valence-electron chi connectivity index (χ0n) is 16.7. The van der Waals surface area contributed by atoms with Crippen LogP contribution in [-0.4, -0.2) is 44.4 Å². The highest BCUT2D eigenvalue weighted by molar-refractivity contribution is 7.92. The van der Waals surface area contributed by atoms with Gasteiger partial charge in [0.05, 0.1) is 41.6 Å². The maximum absolute atomic E-state index is 13.1. The minimum Gasteiger partial charge on any atom is -0.465 e. The Labute approximate surface area is 183 Å². The molecule has 9 nitrogen and oxygen atoms in total. The van der Waals surface area contributed by atoms with Gasteiger partial charge in [-0.1, -0.05) is 11.6 Å². The van der Waals surface area contributed by atoms with Gasteiger partial charge >= 0.3 is 11.9 Å². The van der Waals surface area contributed by atoms with E-state index in [1.807, 2.05) is 0 Å². The van der Waals surface area contributed by atoms with Crippen molar-refractivity contribution in [2.75, 3.05) is 18.9 Å². The Morgan fingerprint density at radius 3 is 2.03 bits per heavy atom. The summed E-state index contributed by atoms with van der Waals surface area (Å²) >= 11 is 5.92. The van der Waals surface area contributed by atoms with Crippen LogP contribution in [-0.2, 0) is 19.5 Å². The van der Waals surface area contributed by atoms with Gasteiger partial charge in [0.15, 0.2) is 0 Å². The van der Waals surface area contributed by atoms with E-state index in [-0.39, 0.29) is 21.8 Å². The lowest BCUT2D eigenvalue weighted by atomic mass is 10.1. The Morgan fingerprint density at radius 1 is 0.968 bits per heavy atom. The number of hydrogen-bond acceptors (Lipinski definition) is 7. The molecule has 0 aliphatic rings. The lowest BCUT2D eigenvalue weighted by Crippen LogP contribution is -2.18. The largest absolute Gasteiger partial charge is 0.465 e. The number of anilines is 1. The molecule has 162 valence electrons. The lowest BCUT2D eigenvalue weighted by Gasteiger charge is -2.12. The molecule has 0 amide bonds. The number of benzene rings is 2. The minimum atomic E-state index is -4.22. The first kappa shape index (κ1) is 22.3. The highest BCUT2D eigenvalue weighted by Gasteiger charge is 2.23. The smallest absolute Gasteiger partial charge is 0.337 e. The van der Waals surface area contributed by atoms with Crippen molar-refractivity contribution in [3.63, 3.8) is 0 Å². The number of aryl methyl sites for hydroxylation is 1. The fourth-order valence-corrected chi connectivity index (χ4v) is 4.00. The highest BCUT2D eigenvalue weighted by atomic mass is 35.5. The van der Waals surface area contributed by atoms with Crippen LogP contribution in [0.4, 0.5) is 5.82 Å². The average Bonchev–Trinajstić information content (AvgIpc) is 3.11. The van der Waals surface area contributed by atoms with Gasteiger partial charge in [-0.15, -0.1) is 0 Å². The van der Waals surface area contributed by atoms with Crippen molar-refractivity contribution in [1.29, 1.82) is 0 Å². The van der Waals surface area contributed by atoms with Crippen molar-refractivity contribution >= 4 is 39.4 Å². The topological polar surface area (TPSA) is 117 Å². The van der Waals surface area contributed by atoms with Gasteiger partial charge in [0.25, 0.3) is 10.0 Å². The molecule has 1 heterocycles. The number of methoxy groups -OCH3 is 2. The number of carbonyl (C=O) groups is 2. The molecule has 0 spiro atoms. The molecule has 0 aliphatic carbocycles. The van der Waals surface area contributed by atoms with Gasteiger partial charge in [0.1, 0.15) is 5.82 Å². The molecule has 0 saturated carbocycles. The molecule has 0 atom stereocenters. The van der Waals surface area contributed by atoms with Crippen molar-refractivity contribution in [3.8, 4) is 5.69 Å². The Morgan fingerprint density at radius 2 is 1.52 bits per heavy atom. The Bertz CT molecular complexity index is 1220. The third-order valence-corrected chi connectivity index (χ3v) is 5.79. The molecular formula is C20H18ClN3O6S. The van der Waals surface area contributed by atoms with Crippen LogP contribution in [0.5, 0.6) is 0 Å². The number of hydrogen-bond donors (Lipinski definition) is 1. The maximum Gasteiger partial charge on any atom is 0.337 e. The number of nitrogens with one attached hydrogen (secondary N) is 1. The summed E-state index contributed by atoms with van der Waals surface area (Å²) in [5.41, 5.74) is 0.904. The van der Waals surface area contributed by atoms with E-state index < -0.39 is 22.0 Å². The predicted octanol–water partition coefficient (Wildman–Crippen LogP) is 3.21. The first-order valence-corrected chi connectivity index (χ1v) is 10.7. The van der Waals surface area contributed by atoms with E-state index in [0.717, 1.165) is 26.4 Å². The number of nitrogens with zero attached hydrogens (tertiary/aromatic N) is 2. The van der Waals surface area contributed by atoms with E-state index >= 15 is 0 Å². The van der Waals surface area contributed by atoms with Crippen molar-refractivity contribution < 1.29 is 27.5 Å². The molecule has 1 aromatic heterocycles. The van der Waals surface area contributed by atoms with Crippen molar-refractivity contribution in [2.45, 2.75) is 11.8 Å². The highest BCUT2D eigenvalue weighted by Crippen LogP contribution is 2.24. The van der Waals surface area contributed by atoms with Crippen LogP contribution >= 0.6 is 11.6 Å². The fraction of sp³-hybridized carbons (Fsp3) is 0.150. The molecule has 11 heteroatoms. The normalized spacial score (nSPS) is 11.1. The summed E-state index contributed by atoms with van der Waals surface area (Å²) in [4.78, 5) is 23.6. The molecule has 1 N–H and O–H groups in total. The molecule has 0 fully saturated rings. The molecule has 3 rings (SSSR count). The summed E-state index contributed by atoms with van der Waals surface area (Å²) in [6.07, 6.45) is 0. The van der Waals surface area contributed by atoms with Gasteiger partial charge in [0, 0.05) is 11.1 Å². The van der Waals surface area contributed by atoms with Gasteiger partial charge in [-0.05, 0) is 49.4 Å². The van der Waals surface area contributed by atoms with Crippen molar-refractivity contribution in [1.82, 2.24) is 9.78 Å². The van der Waals surface area contributed by atoms with E-state index in [1.165, 1.54) is 16.8 Å². The third-order valence-electron chi connectivity index (χ3n) is 4.20. The van der Waals surface area contributed by atoms with E-state index in [4.69, 9.17) is 11.6 Å². The molecule has 0 saturated heterocycles. The molecule has 3 aromatic rings. The third kappa shape index (κ3) is 4.86. The summed E-state index contributed by atoms with van der Waals surface area (Å²) in [6.45, 7) is 1.71. The van der Waals surface area contributed by atoms with E-state index in [0.29, 0.717) is 16.4 Å². The zero-order valence-corrected chi connectivity index (χ0v) is 18.3. The number of halogens is 1. The van der Waals surface area contributed by atoms with Gasteiger partial charge in [-0.2, -0.15) is 5.10 Å². The number of carbonyl (C=O) groups excluding carboxylic acids is 2. The summed E-state index contributed by atoms with van der Waals surface area (Å²) in [5.74, 6) is -1.45. The van der Waals surface area contributed by atoms with Gasteiger partial charge < -0.3 is 9.47 Å². The SMILES string of the molecule is COC(=O)c1cc(C(=O)OC)cc(S(=O)(=O)Nc2cc(C)nn2-c2ccc(Cl)cc2)c1. The van der Waals surface area contributed by atoms with Gasteiger partial charge in [-0.3, -0.25) is 4.72 Å².